The quantitative estimate of drug-likeness (QED) is 0.813. The van der Waals surface area contributed by atoms with E-state index in [1.165, 1.54) is 0 Å². The van der Waals surface area contributed by atoms with E-state index in [0.717, 1.165) is 24.3 Å². The van der Waals surface area contributed by atoms with Crippen molar-refractivity contribution in [1.82, 2.24) is 15.2 Å². The zero-order valence-electron chi connectivity index (χ0n) is 11.0. The van der Waals surface area contributed by atoms with Gasteiger partial charge in [-0.2, -0.15) is 0 Å². The Morgan fingerprint density at radius 3 is 3.11 bits per heavy atom. The third kappa shape index (κ3) is 3.89. The average molecular weight is 278 g/mol. The van der Waals surface area contributed by atoms with Gasteiger partial charge in [-0.05, 0) is 37.2 Å². The normalized spacial score (nSPS) is 14.6. The van der Waals surface area contributed by atoms with Crippen LogP contribution in [0.5, 0.6) is 0 Å². The van der Waals surface area contributed by atoms with Crippen LogP contribution >= 0.6 is 12.2 Å². The van der Waals surface area contributed by atoms with Gasteiger partial charge in [0.15, 0.2) is 5.11 Å². The van der Waals surface area contributed by atoms with Crippen LogP contribution in [-0.4, -0.2) is 40.5 Å². The minimum atomic E-state index is 0.237. The molecule has 1 aliphatic heterocycles. The first-order chi connectivity index (χ1) is 9.16. The standard InChI is InChI=1S/C13H18N4OS/c1-10-4-2-6-14-12(10)16-13(19)15-7-9-17-8-3-5-11(17)18/h2,4,6H,3,5,7-9H2,1H3,(H2,14,15,16,19). The zero-order chi connectivity index (χ0) is 13.7. The van der Waals surface area contributed by atoms with Crippen LogP contribution in [0.15, 0.2) is 18.3 Å². The van der Waals surface area contributed by atoms with Crippen LogP contribution < -0.4 is 10.6 Å². The number of aryl methyl sites for hydroxylation is 1. The van der Waals surface area contributed by atoms with Gasteiger partial charge >= 0.3 is 0 Å². The highest BCUT2D eigenvalue weighted by atomic mass is 32.1. The summed E-state index contributed by atoms with van der Waals surface area (Å²) in [5, 5.41) is 6.68. The number of carbonyl (C=O) groups is 1. The van der Waals surface area contributed by atoms with E-state index in [4.69, 9.17) is 12.2 Å². The Morgan fingerprint density at radius 1 is 1.58 bits per heavy atom. The van der Waals surface area contributed by atoms with Crippen LogP contribution in [0.25, 0.3) is 0 Å². The van der Waals surface area contributed by atoms with Gasteiger partial charge in [-0.25, -0.2) is 4.98 Å². The van der Waals surface area contributed by atoms with E-state index in [-0.39, 0.29) is 5.91 Å². The number of pyridine rings is 1. The molecule has 0 atom stereocenters. The monoisotopic (exact) mass is 278 g/mol. The lowest BCUT2D eigenvalue weighted by atomic mass is 10.3. The first-order valence-electron chi connectivity index (χ1n) is 6.41. The van der Waals surface area contributed by atoms with Gasteiger partial charge in [0, 0.05) is 32.3 Å². The Morgan fingerprint density at radius 2 is 2.42 bits per heavy atom. The Bertz CT molecular complexity index is 477. The second-order valence-corrected chi connectivity index (χ2v) is 4.94. The van der Waals surface area contributed by atoms with Crippen LogP contribution in [0.4, 0.5) is 5.82 Å². The smallest absolute Gasteiger partial charge is 0.222 e. The lowest BCUT2D eigenvalue weighted by Crippen LogP contribution is -2.37. The average Bonchev–Trinajstić information content (AvgIpc) is 2.78. The maximum Gasteiger partial charge on any atom is 0.222 e. The molecule has 2 rings (SSSR count). The van der Waals surface area contributed by atoms with E-state index >= 15 is 0 Å². The number of nitrogens with one attached hydrogen (secondary N) is 2. The van der Waals surface area contributed by atoms with Crippen molar-refractivity contribution in [2.45, 2.75) is 19.8 Å². The molecule has 5 nitrogen and oxygen atoms in total. The number of thiocarbonyl (C=S) groups is 1. The van der Waals surface area contributed by atoms with Gasteiger partial charge in [0.05, 0.1) is 0 Å². The molecule has 1 aliphatic rings. The highest BCUT2D eigenvalue weighted by Crippen LogP contribution is 2.09. The molecule has 1 aromatic heterocycles. The van der Waals surface area contributed by atoms with Crippen molar-refractivity contribution >= 4 is 29.1 Å². The molecular weight excluding hydrogens is 260 g/mol. The molecule has 2 N–H and O–H groups in total. The number of nitrogens with zero attached hydrogens (tertiary/aromatic N) is 2. The summed E-state index contributed by atoms with van der Waals surface area (Å²) in [5.74, 6) is 0.999. The molecule has 1 fully saturated rings. The van der Waals surface area contributed by atoms with Crippen LogP contribution in [0.2, 0.25) is 0 Å². The van der Waals surface area contributed by atoms with Gasteiger partial charge in [-0.3, -0.25) is 4.79 Å². The van der Waals surface area contributed by atoms with E-state index < -0.39 is 0 Å². The Balaban J connectivity index is 1.73. The van der Waals surface area contributed by atoms with Crippen molar-refractivity contribution in [3.05, 3.63) is 23.9 Å². The summed E-state index contributed by atoms with van der Waals surface area (Å²) >= 11 is 5.20. The molecule has 0 bridgehead atoms. The van der Waals surface area contributed by atoms with Gasteiger partial charge in [0.25, 0.3) is 0 Å². The molecule has 1 amide bonds. The van der Waals surface area contributed by atoms with Crippen LogP contribution in [-0.2, 0) is 4.79 Å². The minimum absolute atomic E-state index is 0.237. The fraction of sp³-hybridized carbons (Fsp3) is 0.462. The van der Waals surface area contributed by atoms with Gasteiger partial charge in [0.1, 0.15) is 5.82 Å². The number of likely N-dealkylation sites (tertiary alicyclic amines) is 1. The van der Waals surface area contributed by atoms with Crippen molar-refractivity contribution in [1.29, 1.82) is 0 Å². The van der Waals surface area contributed by atoms with Crippen molar-refractivity contribution in [3.63, 3.8) is 0 Å². The fourth-order valence-corrected chi connectivity index (χ4v) is 2.21. The largest absolute Gasteiger partial charge is 0.361 e. The molecular formula is C13H18N4OS. The lowest BCUT2D eigenvalue weighted by Gasteiger charge is -2.17. The van der Waals surface area contributed by atoms with E-state index in [1.807, 2.05) is 24.0 Å². The molecule has 1 aromatic rings. The molecule has 0 aromatic carbocycles. The summed E-state index contributed by atoms with van der Waals surface area (Å²) in [5.41, 5.74) is 1.04. The van der Waals surface area contributed by atoms with Crippen molar-refractivity contribution < 1.29 is 4.79 Å². The summed E-state index contributed by atoms with van der Waals surface area (Å²) in [6.45, 7) is 4.19. The second-order valence-electron chi connectivity index (χ2n) is 4.53. The number of carbonyl (C=O) groups excluding carboxylic acids is 1. The summed E-state index contributed by atoms with van der Waals surface area (Å²) < 4.78 is 0. The van der Waals surface area contributed by atoms with Gasteiger partial charge in [0.2, 0.25) is 5.91 Å². The number of aromatic nitrogens is 1. The minimum Gasteiger partial charge on any atom is -0.361 e. The number of hydrogen-bond donors (Lipinski definition) is 2. The molecule has 2 heterocycles. The van der Waals surface area contributed by atoms with Crippen LogP contribution in [0.3, 0.4) is 0 Å². The molecule has 0 spiro atoms. The highest BCUT2D eigenvalue weighted by Gasteiger charge is 2.19. The van der Waals surface area contributed by atoms with Crippen molar-refractivity contribution in [2.75, 3.05) is 25.0 Å². The summed E-state index contributed by atoms with van der Waals surface area (Å²) in [4.78, 5) is 17.5. The molecule has 0 unspecified atom stereocenters. The zero-order valence-corrected chi connectivity index (χ0v) is 11.8. The molecule has 102 valence electrons. The molecule has 1 saturated heterocycles. The summed E-state index contributed by atoms with van der Waals surface area (Å²) in [6, 6.07) is 3.86. The number of rotatable bonds is 4. The number of hydrogen-bond acceptors (Lipinski definition) is 3. The van der Waals surface area contributed by atoms with Crippen molar-refractivity contribution in [3.8, 4) is 0 Å². The first-order valence-corrected chi connectivity index (χ1v) is 6.82. The van der Waals surface area contributed by atoms with E-state index in [9.17, 15) is 4.79 Å². The number of anilines is 1. The van der Waals surface area contributed by atoms with E-state index in [0.29, 0.717) is 24.6 Å². The third-order valence-corrected chi connectivity index (χ3v) is 3.33. The molecule has 6 heteroatoms. The molecule has 19 heavy (non-hydrogen) atoms. The van der Waals surface area contributed by atoms with Crippen LogP contribution in [0, 0.1) is 6.92 Å². The first kappa shape index (κ1) is 13.7. The summed E-state index contributed by atoms with van der Waals surface area (Å²) in [7, 11) is 0. The third-order valence-electron chi connectivity index (χ3n) is 3.08. The second kappa shape index (κ2) is 6.47. The number of amides is 1. The molecule has 0 radical (unpaired) electrons. The Labute approximate surface area is 118 Å². The lowest BCUT2D eigenvalue weighted by molar-refractivity contribution is -0.127. The Kier molecular flexibility index (Phi) is 4.68. The Hall–Kier alpha value is -1.69. The maximum atomic E-state index is 11.4. The molecule has 0 aliphatic carbocycles. The van der Waals surface area contributed by atoms with E-state index in [2.05, 4.69) is 15.6 Å². The van der Waals surface area contributed by atoms with Crippen molar-refractivity contribution in [2.24, 2.45) is 0 Å². The fourth-order valence-electron chi connectivity index (χ4n) is 2.01. The SMILES string of the molecule is Cc1cccnc1NC(=S)NCCN1CCCC1=O. The van der Waals surface area contributed by atoms with E-state index in [1.54, 1.807) is 6.20 Å². The van der Waals surface area contributed by atoms with Gasteiger partial charge in [-0.15, -0.1) is 0 Å². The molecule has 0 saturated carbocycles. The highest BCUT2D eigenvalue weighted by molar-refractivity contribution is 7.80. The van der Waals surface area contributed by atoms with Gasteiger partial charge < -0.3 is 15.5 Å². The summed E-state index contributed by atoms with van der Waals surface area (Å²) in [6.07, 6.45) is 3.37. The van der Waals surface area contributed by atoms with Crippen LogP contribution in [0.1, 0.15) is 18.4 Å². The maximum absolute atomic E-state index is 11.4. The predicted molar refractivity (Wildman–Crippen MR) is 79.0 cm³/mol. The van der Waals surface area contributed by atoms with Gasteiger partial charge in [-0.1, -0.05) is 6.07 Å². The predicted octanol–water partition coefficient (Wildman–Crippen LogP) is 1.30. The topological polar surface area (TPSA) is 57.3 Å².